The molecule has 1 aromatic heterocycles. The van der Waals surface area contributed by atoms with Gasteiger partial charge in [-0.3, -0.25) is 9.59 Å². The maximum Gasteiger partial charge on any atom is 0.250 e. The number of nitrogens with two attached hydrogens (primary N) is 1. The van der Waals surface area contributed by atoms with Crippen LogP contribution >= 0.6 is 0 Å². The largest absolute Gasteiger partial charge is 0.327 e. The average molecular weight is 265 g/mol. The van der Waals surface area contributed by atoms with E-state index in [1.165, 1.54) is 10.6 Å². The first-order valence-electron chi connectivity index (χ1n) is 6.39. The van der Waals surface area contributed by atoms with E-state index >= 15 is 0 Å². The van der Waals surface area contributed by atoms with Gasteiger partial charge in [0, 0.05) is 31.8 Å². The highest BCUT2D eigenvalue weighted by Gasteiger charge is 2.18. The van der Waals surface area contributed by atoms with Crippen molar-refractivity contribution in [2.45, 2.75) is 39.7 Å². The lowest BCUT2D eigenvalue weighted by molar-refractivity contribution is -0.116. The fourth-order valence-electron chi connectivity index (χ4n) is 1.98. The molecule has 1 rings (SSSR count). The molecule has 0 aromatic carbocycles. The van der Waals surface area contributed by atoms with Crippen molar-refractivity contribution in [3.8, 4) is 0 Å². The third kappa shape index (κ3) is 5.70. The summed E-state index contributed by atoms with van der Waals surface area (Å²) in [7, 11) is 1.64. The van der Waals surface area contributed by atoms with Crippen LogP contribution in [0, 0.1) is 5.41 Å². The molecule has 0 radical (unpaired) electrons. The molecule has 0 aliphatic carbocycles. The molecule has 0 aliphatic heterocycles. The van der Waals surface area contributed by atoms with Crippen LogP contribution in [0.15, 0.2) is 23.1 Å². The second kappa shape index (κ2) is 6.02. The number of aryl methyl sites for hydroxylation is 1. The fraction of sp³-hybridized carbons (Fsp3) is 0.571. The Hall–Kier alpha value is -1.62. The second-order valence-electron chi connectivity index (χ2n) is 6.14. The molecule has 0 fully saturated rings. The molecule has 5 nitrogen and oxygen atoms in total. The minimum atomic E-state index is -0.160. The van der Waals surface area contributed by atoms with E-state index in [9.17, 15) is 9.59 Å². The summed E-state index contributed by atoms with van der Waals surface area (Å²) in [5.41, 5.74) is 6.56. The number of amides is 1. The Morgan fingerprint density at radius 1 is 1.42 bits per heavy atom. The van der Waals surface area contributed by atoms with Crippen molar-refractivity contribution in [3.05, 3.63) is 28.7 Å². The summed E-state index contributed by atoms with van der Waals surface area (Å²) in [6.07, 6.45) is 2.66. The number of carbonyl (C=O) groups excluding carboxylic acids is 1. The Morgan fingerprint density at radius 3 is 2.58 bits per heavy atom. The summed E-state index contributed by atoms with van der Waals surface area (Å²) in [6, 6.07) is 2.85. The number of aromatic nitrogens is 1. The predicted octanol–water partition coefficient (Wildman–Crippen LogP) is 1.48. The van der Waals surface area contributed by atoms with Gasteiger partial charge in [0.2, 0.25) is 11.5 Å². The molecule has 1 unspecified atom stereocenters. The summed E-state index contributed by atoms with van der Waals surface area (Å²) < 4.78 is 1.42. The van der Waals surface area contributed by atoms with E-state index in [-0.39, 0.29) is 29.3 Å². The van der Waals surface area contributed by atoms with Gasteiger partial charge in [0.05, 0.1) is 5.69 Å². The molecule has 3 N–H and O–H groups in total. The highest BCUT2D eigenvalue weighted by molar-refractivity contribution is 5.90. The van der Waals surface area contributed by atoms with Gasteiger partial charge >= 0.3 is 0 Å². The van der Waals surface area contributed by atoms with Gasteiger partial charge < -0.3 is 15.6 Å². The van der Waals surface area contributed by atoms with E-state index in [2.05, 4.69) is 26.1 Å². The Balaban J connectivity index is 2.55. The normalized spacial score (nSPS) is 13.1. The van der Waals surface area contributed by atoms with E-state index < -0.39 is 0 Å². The summed E-state index contributed by atoms with van der Waals surface area (Å²) in [6.45, 7) is 6.28. The summed E-state index contributed by atoms with van der Waals surface area (Å²) in [5, 5.41) is 2.75. The van der Waals surface area contributed by atoms with E-state index in [4.69, 9.17) is 5.73 Å². The fourth-order valence-corrected chi connectivity index (χ4v) is 1.98. The van der Waals surface area contributed by atoms with Gasteiger partial charge in [-0.2, -0.15) is 0 Å². The Bertz CT molecular complexity index is 500. The van der Waals surface area contributed by atoms with Gasteiger partial charge in [-0.15, -0.1) is 0 Å². The zero-order chi connectivity index (χ0) is 14.6. The van der Waals surface area contributed by atoms with Crippen LogP contribution in [-0.4, -0.2) is 16.5 Å². The number of hydrogen-bond acceptors (Lipinski definition) is 3. The molecular formula is C14H23N3O2. The molecular weight excluding hydrogens is 242 g/mol. The highest BCUT2D eigenvalue weighted by Crippen LogP contribution is 2.21. The van der Waals surface area contributed by atoms with Crippen LogP contribution in [0.1, 0.15) is 33.6 Å². The molecule has 19 heavy (non-hydrogen) atoms. The molecule has 0 saturated carbocycles. The molecule has 0 bridgehead atoms. The van der Waals surface area contributed by atoms with E-state index in [1.54, 1.807) is 19.3 Å². The van der Waals surface area contributed by atoms with Crippen molar-refractivity contribution < 1.29 is 4.79 Å². The number of rotatable bonds is 4. The van der Waals surface area contributed by atoms with Crippen molar-refractivity contribution >= 4 is 11.6 Å². The maximum absolute atomic E-state index is 11.8. The van der Waals surface area contributed by atoms with Crippen molar-refractivity contribution in [2.75, 3.05) is 5.32 Å². The SMILES string of the molecule is Cn1cc(NC(=O)CC(N)CC(C)(C)C)ccc1=O. The van der Waals surface area contributed by atoms with Gasteiger partial charge in [-0.1, -0.05) is 20.8 Å². The van der Waals surface area contributed by atoms with Crippen LogP contribution in [0.5, 0.6) is 0 Å². The molecule has 0 spiro atoms. The van der Waals surface area contributed by atoms with Crippen LogP contribution in [0.2, 0.25) is 0 Å². The molecule has 1 heterocycles. The van der Waals surface area contributed by atoms with Gasteiger partial charge in [-0.05, 0) is 17.9 Å². The van der Waals surface area contributed by atoms with Crippen LogP contribution in [0.25, 0.3) is 0 Å². The van der Waals surface area contributed by atoms with Crippen LogP contribution < -0.4 is 16.6 Å². The third-order valence-corrected chi connectivity index (χ3v) is 2.69. The first-order chi connectivity index (χ1) is 8.67. The second-order valence-corrected chi connectivity index (χ2v) is 6.14. The van der Waals surface area contributed by atoms with Crippen molar-refractivity contribution in [3.63, 3.8) is 0 Å². The smallest absolute Gasteiger partial charge is 0.250 e. The standard InChI is InChI=1S/C14H23N3O2/c1-14(2,3)8-10(15)7-12(18)16-11-5-6-13(19)17(4)9-11/h5-6,9-10H,7-8,15H2,1-4H3,(H,16,18). The Labute approximate surface area is 113 Å². The lowest BCUT2D eigenvalue weighted by Crippen LogP contribution is -2.31. The molecule has 1 atom stereocenters. The molecule has 0 aliphatic rings. The first-order valence-corrected chi connectivity index (χ1v) is 6.39. The first kappa shape index (κ1) is 15.4. The molecule has 1 aromatic rings. The number of nitrogens with zero attached hydrogens (tertiary/aromatic N) is 1. The predicted molar refractivity (Wildman–Crippen MR) is 77.0 cm³/mol. The van der Waals surface area contributed by atoms with Crippen molar-refractivity contribution in [1.29, 1.82) is 0 Å². The molecule has 0 saturated heterocycles. The molecule has 1 amide bonds. The number of nitrogens with one attached hydrogen (secondary N) is 1. The topological polar surface area (TPSA) is 77.1 Å². The molecule has 5 heteroatoms. The molecule has 106 valence electrons. The van der Waals surface area contributed by atoms with Crippen molar-refractivity contribution in [1.82, 2.24) is 4.57 Å². The van der Waals surface area contributed by atoms with Crippen LogP contribution in [0.4, 0.5) is 5.69 Å². The van der Waals surface area contributed by atoms with Crippen molar-refractivity contribution in [2.24, 2.45) is 18.2 Å². The van der Waals surface area contributed by atoms with Crippen LogP contribution in [0.3, 0.4) is 0 Å². The maximum atomic E-state index is 11.8. The average Bonchev–Trinajstić information content (AvgIpc) is 2.20. The monoisotopic (exact) mass is 265 g/mol. The number of carbonyl (C=O) groups is 1. The zero-order valence-electron chi connectivity index (χ0n) is 12.1. The Morgan fingerprint density at radius 2 is 2.05 bits per heavy atom. The minimum Gasteiger partial charge on any atom is -0.327 e. The lowest BCUT2D eigenvalue weighted by Gasteiger charge is -2.22. The summed E-state index contributed by atoms with van der Waals surface area (Å²) in [5.74, 6) is -0.129. The number of hydrogen-bond donors (Lipinski definition) is 2. The van der Waals surface area contributed by atoms with Gasteiger partial charge in [0.15, 0.2) is 0 Å². The highest BCUT2D eigenvalue weighted by atomic mass is 16.1. The quantitative estimate of drug-likeness (QED) is 0.865. The minimum absolute atomic E-state index is 0.107. The van der Waals surface area contributed by atoms with Gasteiger partial charge in [0.25, 0.3) is 0 Å². The Kier molecular flexibility index (Phi) is 4.89. The van der Waals surface area contributed by atoms with E-state index in [0.29, 0.717) is 5.69 Å². The van der Waals surface area contributed by atoms with Crippen LogP contribution in [-0.2, 0) is 11.8 Å². The summed E-state index contributed by atoms with van der Waals surface area (Å²) in [4.78, 5) is 23.0. The lowest BCUT2D eigenvalue weighted by atomic mass is 9.87. The third-order valence-electron chi connectivity index (χ3n) is 2.69. The van der Waals surface area contributed by atoms with E-state index in [1.807, 2.05) is 0 Å². The van der Waals surface area contributed by atoms with Gasteiger partial charge in [-0.25, -0.2) is 0 Å². The number of anilines is 1. The van der Waals surface area contributed by atoms with Gasteiger partial charge in [0.1, 0.15) is 0 Å². The number of pyridine rings is 1. The zero-order valence-corrected chi connectivity index (χ0v) is 12.1. The summed E-state index contributed by atoms with van der Waals surface area (Å²) >= 11 is 0. The van der Waals surface area contributed by atoms with E-state index in [0.717, 1.165) is 6.42 Å².